The Kier molecular flexibility index (Phi) is 1.67. The summed E-state index contributed by atoms with van der Waals surface area (Å²) in [4.78, 5) is 22.9. The number of carbonyl (C=O) groups excluding carboxylic acids is 2. The topological polar surface area (TPSA) is 43.4 Å². The van der Waals surface area contributed by atoms with Crippen LogP contribution in [0.25, 0.3) is 0 Å². The lowest BCUT2D eigenvalue weighted by Crippen LogP contribution is -2.24. The third kappa shape index (κ3) is 1.01. The van der Waals surface area contributed by atoms with E-state index in [-0.39, 0.29) is 35.6 Å². The molecule has 15 heavy (non-hydrogen) atoms. The minimum atomic E-state index is -0.314. The molecule has 0 radical (unpaired) electrons. The molecule has 0 aromatic carbocycles. The van der Waals surface area contributed by atoms with Gasteiger partial charge in [-0.3, -0.25) is 9.59 Å². The number of fused-ring (bicyclic) bond motifs is 5. The number of allylic oxidation sites excluding steroid dienone is 3. The van der Waals surface area contributed by atoms with Crippen LogP contribution in [-0.4, -0.2) is 11.9 Å². The van der Waals surface area contributed by atoms with E-state index in [1.54, 1.807) is 0 Å². The number of carbonyl (C=O) groups is 2. The van der Waals surface area contributed by atoms with Gasteiger partial charge in [-0.1, -0.05) is 17.7 Å². The van der Waals surface area contributed by atoms with E-state index >= 15 is 0 Å². The summed E-state index contributed by atoms with van der Waals surface area (Å²) in [5.74, 6) is -0.539. The molecular weight excluding hydrogens is 192 g/mol. The van der Waals surface area contributed by atoms with E-state index in [2.05, 4.69) is 12.7 Å². The molecule has 0 N–H and O–H groups in total. The van der Waals surface area contributed by atoms with Crippen molar-refractivity contribution in [1.82, 2.24) is 0 Å². The molecule has 2 aliphatic carbocycles. The van der Waals surface area contributed by atoms with Crippen LogP contribution in [0.4, 0.5) is 0 Å². The summed E-state index contributed by atoms with van der Waals surface area (Å²) in [7, 11) is 0. The Morgan fingerprint density at radius 3 is 2.87 bits per heavy atom. The molecule has 3 aliphatic rings. The van der Waals surface area contributed by atoms with Gasteiger partial charge in [0.2, 0.25) is 0 Å². The van der Waals surface area contributed by atoms with Crippen LogP contribution in [-0.2, 0) is 14.3 Å². The molecule has 0 spiro atoms. The van der Waals surface area contributed by atoms with Crippen LogP contribution in [0.1, 0.15) is 12.8 Å². The lowest BCUT2D eigenvalue weighted by Gasteiger charge is -2.19. The molecule has 3 heteroatoms. The molecule has 4 unspecified atom stereocenters. The first-order valence-electron chi connectivity index (χ1n) is 5.29. The molecular formula is C12H12O3. The summed E-state index contributed by atoms with van der Waals surface area (Å²) >= 11 is 0. The van der Waals surface area contributed by atoms with E-state index in [1.165, 1.54) is 5.57 Å². The van der Waals surface area contributed by atoms with Crippen LogP contribution in [0, 0.1) is 23.7 Å². The first-order valence-corrected chi connectivity index (χ1v) is 5.29. The second kappa shape index (κ2) is 2.81. The largest absolute Gasteiger partial charge is 0.393 e. The van der Waals surface area contributed by atoms with Crippen molar-refractivity contribution in [2.75, 3.05) is 0 Å². The van der Waals surface area contributed by atoms with Crippen LogP contribution in [0.3, 0.4) is 0 Å². The number of hydrogen-bond donors (Lipinski definition) is 0. The van der Waals surface area contributed by atoms with Gasteiger partial charge in [-0.25, -0.2) is 0 Å². The number of rotatable bonds is 2. The molecule has 0 amide bonds. The minimum absolute atomic E-state index is 0.184. The molecule has 1 saturated heterocycles. The van der Waals surface area contributed by atoms with Crippen LogP contribution >= 0.6 is 0 Å². The standard InChI is InChI=1S/C12H12O3/c1-2-3-6-4-7-5-8(6)10-9(7)11(13)15-12(10)14/h2,4,7-10H,1,3,5H2. The first kappa shape index (κ1) is 8.89. The third-order valence-corrected chi connectivity index (χ3v) is 3.84. The van der Waals surface area contributed by atoms with Gasteiger partial charge >= 0.3 is 11.9 Å². The Balaban J connectivity index is 1.96. The van der Waals surface area contributed by atoms with Crippen molar-refractivity contribution in [3.05, 3.63) is 24.3 Å². The van der Waals surface area contributed by atoms with Gasteiger partial charge in [0.1, 0.15) is 0 Å². The molecule has 4 atom stereocenters. The van der Waals surface area contributed by atoms with Gasteiger partial charge in [0, 0.05) is 0 Å². The van der Waals surface area contributed by atoms with Crippen molar-refractivity contribution >= 4 is 11.9 Å². The van der Waals surface area contributed by atoms with Gasteiger partial charge in [-0.2, -0.15) is 0 Å². The van der Waals surface area contributed by atoms with Crippen molar-refractivity contribution in [2.45, 2.75) is 12.8 Å². The summed E-state index contributed by atoms with van der Waals surface area (Å²) in [6, 6.07) is 0. The zero-order chi connectivity index (χ0) is 10.6. The summed E-state index contributed by atoms with van der Waals surface area (Å²) in [6.07, 6.45) is 5.77. The maximum atomic E-state index is 11.5. The van der Waals surface area contributed by atoms with Crippen molar-refractivity contribution < 1.29 is 14.3 Å². The van der Waals surface area contributed by atoms with Gasteiger partial charge in [0.05, 0.1) is 11.8 Å². The highest BCUT2D eigenvalue weighted by Crippen LogP contribution is 2.55. The van der Waals surface area contributed by atoms with Gasteiger partial charge in [0.15, 0.2) is 0 Å². The fraction of sp³-hybridized carbons (Fsp3) is 0.500. The highest BCUT2D eigenvalue weighted by atomic mass is 16.6. The van der Waals surface area contributed by atoms with Crippen LogP contribution in [0.2, 0.25) is 0 Å². The summed E-state index contributed by atoms with van der Waals surface area (Å²) < 4.78 is 4.70. The second-order valence-corrected chi connectivity index (χ2v) is 4.53. The Bertz CT molecular complexity index is 394. The fourth-order valence-corrected chi connectivity index (χ4v) is 3.31. The molecule has 1 aliphatic heterocycles. The number of hydrogen-bond acceptors (Lipinski definition) is 3. The van der Waals surface area contributed by atoms with E-state index < -0.39 is 0 Å². The van der Waals surface area contributed by atoms with Crippen molar-refractivity contribution in [3.8, 4) is 0 Å². The molecule has 3 rings (SSSR count). The van der Waals surface area contributed by atoms with E-state index in [0.717, 1.165) is 12.8 Å². The molecule has 0 aromatic heterocycles. The predicted molar refractivity (Wildman–Crippen MR) is 52.6 cm³/mol. The fourth-order valence-electron chi connectivity index (χ4n) is 3.31. The molecule has 0 aromatic rings. The number of cyclic esters (lactones) is 2. The summed E-state index contributed by atoms with van der Waals surface area (Å²) in [5, 5.41) is 0. The van der Waals surface area contributed by atoms with E-state index in [9.17, 15) is 9.59 Å². The Morgan fingerprint density at radius 2 is 2.13 bits per heavy atom. The zero-order valence-corrected chi connectivity index (χ0v) is 8.31. The van der Waals surface area contributed by atoms with E-state index in [0.29, 0.717) is 0 Å². The van der Waals surface area contributed by atoms with E-state index in [4.69, 9.17) is 4.74 Å². The molecule has 2 bridgehead atoms. The minimum Gasteiger partial charge on any atom is -0.393 e. The molecule has 1 saturated carbocycles. The monoisotopic (exact) mass is 204 g/mol. The first-order chi connectivity index (χ1) is 7.22. The molecule has 78 valence electrons. The maximum Gasteiger partial charge on any atom is 0.318 e. The average molecular weight is 204 g/mol. The Labute approximate surface area is 87.8 Å². The van der Waals surface area contributed by atoms with Gasteiger partial charge in [-0.05, 0) is 24.7 Å². The SMILES string of the molecule is C=CCC1=CC2CC1C1C(=O)OC(=O)C21. The summed E-state index contributed by atoms with van der Waals surface area (Å²) in [6.45, 7) is 3.70. The average Bonchev–Trinajstić information content (AvgIpc) is 2.80. The van der Waals surface area contributed by atoms with Gasteiger partial charge < -0.3 is 4.74 Å². The van der Waals surface area contributed by atoms with Gasteiger partial charge in [0.25, 0.3) is 0 Å². The second-order valence-electron chi connectivity index (χ2n) is 4.53. The highest BCUT2D eigenvalue weighted by Gasteiger charge is 2.59. The molecule has 2 fully saturated rings. The quantitative estimate of drug-likeness (QED) is 0.388. The van der Waals surface area contributed by atoms with Crippen molar-refractivity contribution in [2.24, 2.45) is 23.7 Å². The van der Waals surface area contributed by atoms with Gasteiger partial charge in [-0.15, -0.1) is 6.58 Å². The lowest BCUT2D eigenvalue weighted by atomic mass is 9.80. The maximum absolute atomic E-state index is 11.5. The number of ether oxygens (including phenoxy) is 1. The van der Waals surface area contributed by atoms with Crippen LogP contribution < -0.4 is 0 Å². The Morgan fingerprint density at radius 1 is 1.40 bits per heavy atom. The zero-order valence-electron chi connectivity index (χ0n) is 8.31. The molecule has 3 nitrogen and oxygen atoms in total. The van der Waals surface area contributed by atoms with Crippen molar-refractivity contribution in [3.63, 3.8) is 0 Å². The Hall–Kier alpha value is -1.38. The van der Waals surface area contributed by atoms with Crippen LogP contribution in [0.5, 0.6) is 0 Å². The highest BCUT2D eigenvalue weighted by molar-refractivity contribution is 5.98. The third-order valence-electron chi connectivity index (χ3n) is 3.84. The predicted octanol–water partition coefficient (Wildman–Crippen LogP) is 1.45. The lowest BCUT2D eigenvalue weighted by molar-refractivity contribution is -0.154. The van der Waals surface area contributed by atoms with Crippen LogP contribution in [0.15, 0.2) is 24.3 Å². The number of esters is 2. The van der Waals surface area contributed by atoms with E-state index in [1.807, 2.05) is 6.08 Å². The normalized spacial score (nSPS) is 41.5. The summed E-state index contributed by atoms with van der Waals surface area (Å²) in [5.41, 5.74) is 1.27. The van der Waals surface area contributed by atoms with Crippen molar-refractivity contribution in [1.29, 1.82) is 0 Å². The molecule has 1 heterocycles. The smallest absolute Gasteiger partial charge is 0.318 e.